The number of phenolic OH excluding ortho intramolecular Hbond substituents is 1. The molecule has 1 aromatic carbocycles. The molecular formula is C19H19F2N5O. The van der Waals surface area contributed by atoms with E-state index >= 15 is 0 Å². The van der Waals surface area contributed by atoms with Gasteiger partial charge < -0.3 is 15.3 Å². The van der Waals surface area contributed by atoms with Gasteiger partial charge >= 0.3 is 0 Å². The number of rotatable bonds is 3. The van der Waals surface area contributed by atoms with Gasteiger partial charge in [-0.3, -0.25) is 4.98 Å². The largest absolute Gasteiger partial charge is 0.507 e. The number of alkyl halides is 1. The molecule has 0 radical (unpaired) electrons. The van der Waals surface area contributed by atoms with Crippen LogP contribution in [0.3, 0.4) is 0 Å². The van der Waals surface area contributed by atoms with E-state index in [0.717, 1.165) is 25.0 Å². The number of piperidine rings is 1. The first-order valence-electron chi connectivity index (χ1n) is 8.86. The Morgan fingerprint density at radius 3 is 2.81 bits per heavy atom. The van der Waals surface area contributed by atoms with E-state index in [-0.39, 0.29) is 34.7 Å². The molecule has 3 heterocycles. The highest BCUT2D eigenvalue weighted by Gasteiger charge is 2.43. The molecule has 4 rings (SSSR count). The van der Waals surface area contributed by atoms with Gasteiger partial charge in [-0.2, -0.15) is 5.26 Å². The van der Waals surface area contributed by atoms with E-state index in [2.05, 4.69) is 15.3 Å². The highest BCUT2D eigenvalue weighted by molar-refractivity contribution is 5.68. The van der Waals surface area contributed by atoms with E-state index in [1.54, 1.807) is 18.0 Å². The summed E-state index contributed by atoms with van der Waals surface area (Å²) in [6.45, 7) is 0. The zero-order valence-corrected chi connectivity index (χ0v) is 14.7. The summed E-state index contributed by atoms with van der Waals surface area (Å²) in [5, 5.41) is 22.2. The third kappa shape index (κ3) is 3.08. The zero-order valence-electron chi connectivity index (χ0n) is 14.7. The summed E-state index contributed by atoms with van der Waals surface area (Å²) in [5.74, 6) is -0.470. The molecule has 0 saturated carbocycles. The summed E-state index contributed by atoms with van der Waals surface area (Å²) in [5.41, 5.74) is 0.182. The van der Waals surface area contributed by atoms with E-state index in [9.17, 15) is 13.9 Å². The first-order valence-corrected chi connectivity index (χ1v) is 8.86. The second-order valence-corrected chi connectivity index (χ2v) is 7.13. The normalized spacial score (nSPS) is 26.6. The first-order chi connectivity index (χ1) is 13.0. The number of phenols is 1. The SMILES string of the molecule is CN(c1cnc(-c2cc(F)c(C#N)cc2O)cn1)[C@@H]1CC2CCC(N2)[C@@H]1F. The van der Waals surface area contributed by atoms with Crippen LogP contribution in [-0.2, 0) is 0 Å². The van der Waals surface area contributed by atoms with Gasteiger partial charge in [-0.05, 0) is 25.3 Å². The van der Waals surface area contributed by atoms with Crippen molar-refractivity contribution in [3.63, 3.8) is 0 Å². The minimum Gasteiger partial charge on any atom is -0.507 e. The Bertz CT molecular complexity index is 898. The second-order valence-electron chi connectivity index (χ2n) is 7.13. The van der Waals surface area contributed by atoms with Crippen molar-refractivity contribution in [1.29, 1.82) is 5.26 Å². The quantitative estimate of drug-likeness (QED) is 0.863. The van der Waals surface area contributed by atoms with Gasteiger partial charge in [0.2, 0.25) is 0 Å². The van der Waals surface area contributed by atoms with Crippen LogP contribution in [0.5, 0.6) is 5.75 Å². The summed E-state index contributed by atoms with van der Waals surface area (Å²) in [6.07, 6.45) is 4.47. The maximum absolute atomic E-state index is 14.7. The van der Waals surface area contributed by atoms with Crippen LogP contribution >= 0.6 is 0 Å². The molecule has 0 aliphatic carbocycles. The molecule has 2 N–H and O–H groups in total. The first kappa shape index (κ1) is 17.6. The third-order valence-corrected chi connectivity index (χ3v) is 5.53. The lowest BCUT2D eigenvalue weighted by atomic mass is 9.96. The van der Waals surface area contributed by atoms with Gasteiger partial charge in [0.15, 0.2) is 0 Å². The number of hydrogen-bond donors (Lipinski definition) is 2. The minimum atomic E-state index is -0.980. The van der Waals surface area contributed by atoms with Gasteiger partial charge in [-0.25, -0.2) is 13.8 Å². The molecule has 2 bridgehead atoms. The summed E-state index contributed by atoms with van der Waals surface area (Å²) in [6, 6.07) is 3.74. The number of nitrogens with zero attached hydrogens (tertiary/aromatic N) is 4. The molecule has 6 nitrogen and oxygen atoms in total. The summed E-state index contributed by atoms with van der Waals surface area (Å²) in [4.78, 5) is 10.4. The van der Waals surface area contributed by atoms with Crippen molar-refractivity contribution in [3.8, 4) is 23.1 Å². The lowest BCUT2D eigenvalue weighted by Gasteiger charge is -2.38. The standard InChI is InChI=1S/C19H19F2N5O/c1-26(16-5-11-2-3-14(25-11)19(16)21)18-9-23-15(8-24-18)12-6-13(20)10(7-22)4-17(12)27/h4,6,8-9,11,14,16,19,25,27H,2-3,5H2,1H3/t11?,14?,16-,19+/m1/s1. The van der Waals surface area contributed by atoms with E-state index in [4.69, 9.17) is 5.26 Å². The fourth-order valence-corrected chi connectivity index (χ4v) is 4.01. The van der Waals surface area contributed by atoms with Crippen LogP contribution in [0, 0.1) is 17.1 Å². The maximum Gasteiger partial charge on any atom is 0.147 e. The van der Waals surface area contributed by atoms with Gasteiger partial charge in [0, 0.05) is 30.8 Å². The Hall–Kier alpha value is -2.79. The maximum atomic E-state index is 14.7. The Morgan fingerprint density at radius 1 is 1.30 bits per heavy atom. The van der Waals surface area contributed by atoms with Crippen LogP contribution in [0.15, 0.2) is 24.5 Å². The smallest absolute Gasteiger partial charge is 0.147 e. The van der Waals surface area contributed by atoms with Crippen LogP contribution in [0.25, 0.3) is 11.3 Å². The Morgan fingerprint density at radius 2 is 2.11 bits per heavy atom. The highest BCUT2D eigenvalue weighted by atomic mass is 19.1. The van der Waals surface area contributed by atoms with Gasteiger partial charge in [0.25, 0.3) is 0 Å². The average Bonchev–Trinajstić information content (AvgIpc) is 3.09. The van der Waals surface area contributed by atoms with Crippen molar-refractivity contribution < 1.29 is 13.9 Å². The second kappa shape index (κ2) is 6.74. The topological polar surface area (TPSA) is 85.1 Å². The molecule has 2 saturated heterocycles. The van der Waals surface area contributed by atoms with Crippen LogP contribution in [0.1, 0.15) is 24.8 Å². The number of fused-ring (bicyclic) bond motifs is 2. The van der Waals surface area contributed by atoms with Crippen LogP contribution in [-0.4, -0.2) is 46.4 Å². The summed E-state index contributed by atoms with van der Waals surface area (Å²) < 4.78 is 28.6. The molecule has 2 aromatic rings. The molecule has 27 heavy (non-hydrogen) atoms. The summed E-state index contributed by atoms with van der Waals surface area (Å²) in [7, 11) is 1.80. The molecule has 2 unspecified atom stereocenters. The number of halogens is 2. The molecule has 2 aliphatic heterocycles. The van der Waals surface area contributed by atoms with Gasteiger partial charge in [0.1, 0.15) is 29.6 Å². The van der Waals surface area contributed by atoms with Gasteiger partial charge in [-0.1, -0.05) is 0 Å². The number of nitrogens with one attached hydrogen (secondary N) is 1. The number of nitriles is 1. The molecule has 8 heteroatoms. The highest BCUT2D eigenvalue weighted by Crippen LogP contribution is 2.34. The van der Waals surface area contributed by atoms with E-state index in [1.165, 1.54) is 12.4 Å². The Kier molecular flexibility index (Phi) is 4.40. The molecule has 1 aromatic heterocycles. The van der Waals surface area contributed by atoms with E-state index in [0.29, 0.717) is 18.3 Å². The van der Waals surface area contributed by atoms with Crippen molar-refractivity contribution >= 4 is 5.82 Å². The molecule has 2 fully saturated rings. The van der Waals surface area contributed by atoms with Crippen LogP contribution in [0.4, 0.5) is 14.6 Å². The molecule has 0 spiro atoms. The molecule has 140 valence electrons. The fraction of sp³-hybridized carbons (Fsp3) is 0.421. The van der Waals surface area contributed by atoms with E-state index in [1.807, 2.05) is 0 Å². The number of benzene rings is 1. The molecular weight excluding hydrogens is 352 g/mol. The zero-order chi connectivity index (χ0) is 19.1. The number of hydrogen-bond acceptors (Lipinski definition) is 6. The molecule has 2 aliphatic rings. The van der Waals surface area contributed by atoms with Crippen molar-refractivity contribution in [2.24, 2.45) is 0 Å². The van der Waals surface area contributed by atoms with Crippen LogP contribution in [0.2, 0.25) is 0 Å². The van der Waals surface area contributed by atoms with Gasteiger partial charge in [-0.15, -0.1) is 0 Å². The predicted molar refractivity (Wildman–Crippen MR) is 95.5 cm³/mol. The van der Waals surface area contributed by atoms with Crippen molar-refractivity contribution in [3.05, 3.63) is 35.9 Å². The number of aromatic nitrogens is 2. The monoisotopic (exact) mass is 371 g/mol. The van der Waals surface area contributed by atoms with Gasteiger partial charge in [0.05, 0.1) is 29.7 Å². The lowest BCUT2D eigenvalue weighted by molar-refractivity contribution is 0.176. The van der Waals surface area contributed by atoms with Crippen molar-refractivity contribution in [2.45, 2.75) is 43.6 Å². The third-order valence-electron chi connectivity index (χ3n) is 5.53. The van der Waals surface area contributed by atoms with Crippen LogP contribution < -0.4 is 10.2 Å². The predicted octanol–water partition coefficient (Wildman–Crippen LogP) is 2.53. The fourth-order valence-electron chi connectivity index (χ4n) is 4.01. The average molecular weight is 371 g/mol. The van der Waals surface area contributed by atoms with Crippen molar-refractivity contribution in [2.75, 3.05) is 11.9 Å². The number of aromatic hydroxyl groups is 1. The van der Waals surface area contributed by atoms with Crippen molar-refractivity contribution in [1.82, 2.24) is 15.3 Å². The Labute approximate surface area is 155 Å². The molecule has 0 amide bonds. The summed E-state index contributed by atoms with van der Waals surface area (Å²) >= 11 is 0. The minimum absolute atomic E-state index is 0.109. The Balaban J connectivity index is 1.58. The molecule has 4 atom stereocenters. The number of anilines is 1. The lowest BCUT2D eigenvalue weighted by Crippen LogP contribution is -2.55. The van der Waals surface area contributed by atoms with E-state index < -0.39 is 12.0 Å².